The molecule has 4 aromatic rings. The highest BCUT2D eigenvalue weighted by Gasteiger charge is 2.14. The molecule has 6 heteroatoms. The van der Waals surface area contributed by atoms with Crippen molar-refractivity contribution in [3.05, 3.63) is 84.4 Å². The van der Waals surface area contributed by atoms with Crippen molar-refractivity contribution in [2.24, 2.45) is 0 Å². The van der Waals surface area contributed by atoms with E-state index >= 15 is 0 Å². The van der Waals surface area contributed by atoms with Gasteiger partial charge in [-0.2, -0.15) is 0 Å². The van der Waals surface area contributed by atoms with Crippen LogP contribution in [0.25, 0.3) is 34.2 Å². The first kappa shape index (κ1) is 19.1. The van der Waals surface area contributed by atoms with Crippen molar-refractivity contribution in [1.82, 2.24) is 15.0 Å². The molecule has 0 atom stereocenters. The molecule has 1 N–H and O–H groups in total. The number of hydrogen-bond donors (Lipinski definition) is 1. The molecule has 0 bridgehead atoms. The third kappa shape index (κ3) is 4.12. The van der Waals surface area contributed by atoms with Crippen molar-refractivity contribution < 1.29 is 9.59 Å². The molecule has 1 aromatic heterocycles. The van der Waals surface area contributed by atoms with Crippen molar-refractivity contribution in [2.75, 3.05) is 5.32 Å². The summed E-state index contributed by atoms with van der Waals surface area (Å²) in [5, 5.41) is 2.74. The van der Waals surface area contributed by atoms with Crippen molar-refractivity contribution in [1.29, 1.82) is 0 Å². The Bertz CT molecular complexity index is 1210. The number of aromatic nitrogens is 3. The monoisotopic (exact) mass is 394 g/mol. The molecule has 0 fully saturated rings. The number of carbonyl (C=O) groups excluding carboxylic acids is 2. The Balaban J connectivity index is 1.86. The van der Waals surface area contributed by atoms with Gasteiger partial charge in [-0.25, -0.2) is 15.0 Å². The van der Waals surface area contributed by atoms with Crippen LogP contribution in [-0.2, 0) is 4.79 Å². The maximum atomic E-state index is 11.5. The first-order valence-corrected chi connectivity index (χ1v) is 9.38. The topological polar surface area (TPSA) is 84.8 Å². The molecule has 0 aliphatic carbocycles. The summed E-state index contributed by atoms with van der Waals surface area (Å²) in [7, 11) is 0. The Morgan fingerprint density at radius 1 is 0.733 bits per heavy atom. The standard InChI is InChI=1S/C24H18N4O2/c1-16(30)25-20-13-11-18(12-14-20)23-26-22(17-7-3-2-4-8-17)27-24(28-23)21-10-6-5-9-19(21)15-29/h2-15H,1H3,(H,25,30). The van der Waals surface area contributed by atoms with Gasteiger partial charge in [-0.15, -0.1) is 0 Å². The summed E-state index contributed by atoms with van der Waals surface area (Å²) < 4.78 is 0. The molecule has 1 amide bonds. The number of amides is 1. The molecule has 0 saturated heterocycles. The van der Waals surface area contributed by atoms with Crippen molar-refractivity contribution >= 4 is 17.9 Å². The Morgan fingerprint density at radius 3 is 1.93 bits per heavy atom. The summed E-state index contributed by atoms with van der Waals surface area (Å²) in [6.45, 7) is 1.46. The van der Waals surface area contributed by atoms with Crippen LogP contribution in [0.4, 0.5) is 5.69 Å². The van der Waals surface area contributed by atoms with E-state index in [1.165, 1.54) is 6.92 Å². The van der Waals surface area contributed by atoms with E-state index in [1.54, 1.807) is 24.3 Å². The summed E-state index contributed by atoms with van der Waals surface area (Å²) in [5.74, 6) is 1.28. The SMILES string of the molecule is CC(=O)Nc1ccc(-c2nc(-c3ccccc3)nc(-c3ccccc3C=O)n2)cc1. The number of carbonyl (C=O) groups is 2. The first-order valence-electron chi connectivity index (χ1n) is 9.38. The number of nitrogens with one attached hydrogen (secondary N) is 1. The quantitative estimate of drug-likeness (QED) is 0.498. The molecule has 0 radical (unpaired) electrons. The summed E-state index contributed by atoms with van der Waals surface area (Å²) >= 11 is 0. The molecule has 0 aliphatic heterocycles. The lowest BCUT2D eigenvalue weighted by Gasteiger charge is -2.10. The summed E-state index contributed by atoms with van der Waals surface area (Å²) in [5.41, 5.74) is 3.46. The largest absolute Gasteiger partial charge is 0.326 e. The second-order valence-corrected chi connectivity index (χ2v) is 6.64. The van der Waals surface area contributed by atoms with Crippen LogP contribution in [-0.4, -0.2) is 27.1 Å². The minimum Gasteiger partial charge on any atom is -0.326 e. The van der Waals surface area contributed by atoms with Crippen molar-refractivity contribution in [3.63, 3.8) is 0 Å². The fourth-order valence-corrected chi connectivity index (χ4v) is 3.05. The van der Waals surface area contributed by atoms with E-state index in [4.69, 9.17) is 0 Å². The number of benzene rings is 3. The lowest BCUT2D eigenvalue weighted by atomic mass is 10.1. The van der Waals surface area contributed by atoms with Gasteiger partial charge in [0.05, 0.1) is 0 Å². The molecular formula is C24H18N4O2. The van der Waals surface area contributed by atoms with Crippen LogP contribution in [0.5, 0.6) is 0 Å². The van der Waals surface area contributed by atoms with Crippen molar-refractivity contribution in [2.45, 2.75) is 6.92 Å². The minimum atomic E-state index is -0.137. The zero-order valence-corrected chi connectivity index (χ0v) is 16.2. The van der Waals surface area contributed by atoms with E-state index in [1.807, 2.05) is 54.6 Å². The maximum absolute atomic E-state index is 11.5. The van der Waals surface area contributed by atoms with Gasteiger partial charge in [0.25, 0.3) is 0 Å². The van der Waals surface area contributed by atoms with E-state index < -0.39 is 0 Å². The van der Waals surface area contributed by atoms with Crippen molar-refractivity contribution in [3.8, 4) is 34.2 Å². The lowest BCUT2D eigenvalue weighted by Crippen LogP contribution is -2.05. The predicted octanol–water partition coefficient (Wildman–Crippen LogP) is 4.64. The van der Waals surface area contributed by atoms with Gasteiger partial charge >= 0.3 is 0 Å². The molecular weight excluding hydrogens is 376 g/mol. The van der Waals surface area contributed by atoms with Crippen LogP contribution in [0.2, 0.25) is 0 Å². The first-order chi connectivity index (χ1) is 14.6. The zero-order valence-electron chi connectivity index (χ0n) is 16.2. The van der Waals surface area contributed by atoms with Gasteiger partial charge < -0.3 is 5.32 Å². The van der Waals surface area contributed by atoms with Gasteiger partial charge in [-0.1, -0.05) is 54.6 Å². The Kier molecular flexibility index (Phi) is 5.39. The molecule has 146 valence electrons. The van der Waals surface area contributed by atoms with Crippen LogP contribution in [0, 0.1) is 0 Å². The molecule has 0 unspecified atom stereocenters. The van der Waals surface area contributed by atoms with Crippen LogP contribution in [0.1, 0.15) is 17.3 Å². The van der Waals surface area contributed by atoms with E-state index in [-0.39, 0.29) is 5.91 Å². The smallest absolute Gasteiger partial charge is 0.221 e. The molecule has 0 aliphatic rings. The molecule has 6 nitrogen and oxygen atoms in total. The second-order valence-electron chi connectivity index (χ2n) is 6.64. The van der Waals surface area contributed by atoms with Gasteiger partial charge in [0.1, 0.15) is 0 Å². The van der Waals surface area contributed by atoms with E-state index in [0.29, 0.717) is 34.3 Å². The lowest BCUT2D eigenvalue weighted by molar-refractivity contribution is -0.114. The fourth-order valence-electron chi connectivity index (χ4n) is 3.05. The Labute approximate surface area is 173 Å². The fraction of sp³-hybridized carbons (Fsp3) is 0.0417. The third-order valence-electron chi connectivity index (χ3n) is 4.46. The van der Waals surface area contributed by atoms with E-state index in [2.05, 4.69) is 20.3 Å². The zero-order chi connectivity index (χ0) is 20.9. The highest BCUT2D eigenvalue weighted by molar-refractivity contribution is 5.89. The molecule has 3 aromatic carbocycles. The van der Waals surface area contributed by atoms with Gasteiger partial charge in [0.2, 0.25) is 5.91 Å². The van der Waals surface area contributed by atoms with Gasteiger partial charge in [0.15, 0.2) is 23.8 Å². The number of hydrogen-bond acceptors (Lipinski definition) is 5. The van der Waals surface area contributed by atoms with E-state index in [0.717, 1.165) is 17.4 Å². The Hall–Kier alpha value is -4.19. The molecule has 4 rings (SSSR count). The number of rotatable bonds is 5. The number of nitrogens with zero attached hydrogens (tertiary/aromatic N) is 3. The predicted molar refractivity (Wildman–Crippen MR) is 116 cm³/mol. The molecule has 1 heterocycles. The van der Waals surface area contributed by atoms with Crippen LogP contribution < -0.4 is 5.32 Å². The number of anilines is 1. The highest BCUT2D eigenvalue weighted by Crippen LogP contribution is 2.26. The summed E-state index contributed by atoms with van der Waals surface area (Å²) in [6.07, 6.45) is 0.795. The number of aldehydes is 1. The van der Waals surface area contributed by atoms with Gasteiger partial charge in [-0.05, 0) is 24.3 Å². The van der Waals surface area contributed by atoms with E-state index in [9.17, 15) is 9.59 Å². The van der Waals surface area contributed by atoms with Gasteiger partial charge in [-0.3, -0.25) is 9.59 Å². The summed E-state index contributed by atoms with van der Waals surface area (Å²) in [4.78, 5) is 36.7. The normalized spacial score (nSPS) is 10.4. The highest BCUT2D eigenvalue weighted by atomic mass is 16.1. The third-order valence-corrected chi connectivity index (χ3v) is 4.46. The molecule has 0 saturated carbocycles. The molecule has 0 spiro atoms. The Morgan fingerprint density at radius 2 is 1.30 bits per heavy atom. The van der Waals surface area contributed by atoms with Crippen LogP contribution >= 0.6 is 0 Å². The maximum Gasteiger partial charge on any atom is 0.221 e. The van der Waals surface area contributed by atoms with Crippen LogP contribution in [0.3, 0.4) is 0 Å². The average Bonchev–Trinajstić information content (AvgIpc) is 2.79. The summed E-state index contributed by atoms with van der Waals surface area (Å²) in [6, 6.07) is 24.1. The van der Waals surface area contributed by atoms with Crippen LogP contribution in [0.15, 0.2) is 78.9 Å². The second kappa shape index (κ2) is 8.45. The minimum absolute atomic E-state index is 0.137. The molecule has 30 heavy (non-hydrogen) atoms. The average molecular weight is 394 g/mol. The van der Waals surface area contributed by atoms with Gasteiger partial charge in [0, 0.05) is 34.9 Å².